The number of rotatable bonds is 18. The molecule has 14 N–H and O–H groups in total. The number of aliphatic hydroxyl groups is 13. The molecule has 1 amide bonds. The van der Waals surface area contributed by atoms with Crippen molar-refractivity contribution >= 4 is 24.1 Å². The summed E-state index contributed by atoms with van der Waals surface area (Å²) in [6.45, 7) is -1.77. The van der Waals surface area contributed by atoms with Gasteiger partial charge in [-0.25, -0.2) is 0 Å². The first-order valence-corrected chi connectivity index (χ1v) is 20.4. The van der Waals surface area contributed by atoms with Gasteiger partial charge in [0.2, 0.25) is 5.91 Å². The van der Waals surface area contributed by atoms with Crippen molar-refractivity contribution in [2.75, 3.05) is 26.4 Å². The summed E-state index contributed by atoms with van der Waals surface area (Å²) in [5.74, 6) is -6.09. The van der Waals surface area contributed by atoms with E-state index in [2.05, 4.69) is 5.32 Å². The molecule has 0 aliphatic carbocycles. The van der Waals surface area contributed by atoms with E-state index in [9.17, 15) is 95.8 Å². The fourth-order valence-corrected chi connectivity index (χ4v) is 7.98. The maximum Gasteiger partial charge on any atom is 1.00 e. The van der Waals surface area contributed by atoms with Crippen molar-refractivity contribution in [1.82, 2.24) is 5.32 Å². The predicted octanol–water partition coefficient (Wildman–Crippen LogP) is -19.4. The molecule has 32 heteroatoms. The number of hydrogen-bond donors (Lipinski definition) is 14. The van der Waals surface area contributed by atoms with Crippen LogP contribution in [0, 0.1) is 5.92 Å². The Hall–Kier alpha value is -0.840. The number of aliphatic carboxylic acids is 2. The van der Waals surface area contributed by atoms with Gasteiger partial charge < -0.3 is 144 Å². The number of nitrogens with one attached hydrogen (secondary N) is 1. The number of carboxylic acid groups (broad SMARTS) is 2. The molecule has 0 radical (unpaired) electrons. The smallest absolute Gasteiger partial charge is 0.547 e. The van der Waals surface area contributed by atoms with Crippen molar-refractivity contribution in [3.63, 3.8) is 0 Å². The molecule has 0 saturated carbocycles. The van der Waals surface area contributed by atoms with E-state index in [1.807, 2.05) is 0 Å². The van der Waals surface area contributed by atoms with Gasteiger partial charge >= 0.3 is 59.1 Å². The first kappa shape index (κ1) is 61.5. The second-order valence-corrected chi connectivity index (χ2v) is 16.1. The number of hydrogen-bond acceptors (Lipinski definition) is 29. The Morgan fingerprint density at radius 1 is 0.544 bits per heavy atom. The number of aliphatic hydroxyl groups excluding tert-OH is 13. The molecule has 5 aliphatic rings. The molecule has 5 rings (SSSR count). The SMILES string of the molecule is CC(=O)NC1C(OC2C(C(=O)[O-])OC(OC3C(O)C(CO)OC(OC4C(O)C(CO)OC(OC(C=O)CO)C4O)C3O)C(O)C2O)OC(CO)C(OC2OC(C(=O)[O-])C(C)C(O)C2O)C1O.[Na+].[Na+]. The molecule has 0 aromatic carbocycles. The molecule has 5 heterocycles. The number of carbonyl (C=O) groups excluding carboxylic acids is 4. The Bertz CT molecular complexity index is 1630. The van der Waals surface area contributed by atoms with Crippen LogP contribution in [-0.2, 0) is 66.5 Å². The molecule has 380 valence electrons. The summed E-state index contributed by atoms with van der Waals surface area (Å²) >= 11 is 0. The second kappa shape index (κ2) is 26.9. The van der Waals surface area contributed by atoms with E-state index in [1.54, 1.807) is 0 Å². The van der Waals surface area contributed by atoms with Crippen LogP contribution >= 0.6 is 0 Å². The topological polar surface area (TPSA) is 482 Å². The van der Waals surface area contributed by atoms with Crippen molar-refractivity contribution in [2.45, 2.75) is 167 Å². The Morgan fingerprint density at radius 3 is 1.44 bits per heavy atom. The summed E-state index contributed by atoms with van der Waals surface area (Å²) in [6.07, 6.45) is -48.5. The quantitative estimate of drug-likeness (QED) is 0.0448. The van der Waals surface area contributed by atoms with Gasteiger partial charge in [0.25, 0.3) is 0 Å². The molecule has 0 aromatic heterocycles. The van der Waals surface area contributed by atoms with Crippen molar-refractivity contribution in [3.05, 3.63) is 0 Å². The number of carbonyl (C=O) groups is 4. The van der Waals surface area contributed by atoms with E-state index in [-0.39, 0.29) is 65.4 Å². The zero-order valence-corrected chi connectivity index (χ0v) is 40.8. The minimum absolute atomic E-state index is 0. The van der Waals surface area contributed by atoms with Gasteiger partial charge in [0.05, 0.1) is 44.5 Å². The van der Waals surface area contributed by atoms with E-state index in [4.69, 9.17) is 47.4 Å². The number of ether oxygens (including phenoxy) is 10. The van der Waals surface area contributed by atoms with Crippen LogP contribution in [0.2, 0.25) is 0 Å². The standard InChI is InChI=1S/C36H57NO29.2Na/c1-8-15(44)20(49)33(61-24(8)30(53)54)62-25-13(7-42)60-32(14(18(25)47)37-9(2)43)65-28-19(48)21(50)34(66-29(28)31(55)56)63-27-17(46)12(6-41)59-36(23(27)52)64-26-16(45)11(5-40)58-35(22(26)51)57-10(3-38)4-39;;/h3,8,10-29,32-36,39-42,44-52H,4-7H2,1-2H3,(H,37,43)(H,53,54)(H,55,56);;/q;2*+1/p-2. The predicted molar refractivity (Wildman–Crippen MR) is 193 cm³/mol. The van der Waals surface area contributed by atoms with Gasteiger partial charge in [-0.05, 0) is 0 Å². The van der Waals surface area contributed by atoms with E-state index in [0.717, 1.165) is 6.92 Å². The molecular formula is C36H55NNa2O29. The molecule has 0 aromatic rings. The zero-order valence-electron chi connectivity index (χ0n) is 36.8. The van der Waals surface area contributed by atoms with Crippen molar-refractivity contribution in [1.29, 1.82) is 0 Å². The summed E-state index contributed by atoms with van der Waals surface area (Å²) in [7, 11) is 0. The van der Waals surface area contributed by atoms with E-state index in [1.165, 1.54) is 6.92 Å². The maximum absolute atomic E-state index is 12.5. The van der Waals surface area contributed by atoms with E-state index in [0.29, 0.717) is 0 Å². The molecule has 5 aliphatic heterocycles. The van der Waals surface area contributed by atoms with Crippen LogP contribution in [0.5, 0.6) is 0 Å². The van der Waals surface area contributed by atoms with Gasteiger partial charge in [0.1, 0.15) is 116 Å². The summed E-state index contributed by atoms with van der Waals surface area (Å²) in [5.41, 5.74) is 0. The fraction of sp³-hybridized carbons (Fsp3) is 0.889. The van der Waals surface area contributed by atoms with Crippen LogP contribution in [0.25, 0.3) is 0 Å². The third-order valence-corrected chi connectivity index (χ3v) is 11.6. The Labute approximate surface area is 429 Å². The van der Waals surface area contributed by atoms with Crippen LogP contribution in [-0.4, -0.2) is 270 Å². The molecule has 0 spiro atoms. The largest absolute Gasteiger partial charge is 1.00 e. The monoisotopic (exact) mass is 1010 g/mol. The van der Waals surface area contributed by atoms with E-state index < -0.39 is 204 Å². The van der Waals surface area contributed by atoms with Crippen molar-refractivity contribution in [2.24, 2.45) is 5.92 Å². The van der Waals surface area contributed by atoms with Crippen LogP contribution in [0.1, 0.15) is 13.8 Å². The number of aldehydes is 1. The van der Waals surface area contributed by atoms with Crippen LogP contribution in [0.15, 0.2) is 0 Å². The third kappa shape index (κ3) is 13.5. The molecule has 26 unspecified atom stereocenters. The first-order valence-electron chi connectivity index (χ1n) is 20.4. The zero-order chi connectivity index (χ0) is 49.1. The van der Waals surface area contributed by atoms with Crippen LogP contribution in [0.4, 0.5) is 0 Å². The fourth-order valence-electron chi connectivity index (χ4n) is 7.98. The summed E-state index contributed by atoms with van der Waals surface area (Å²) in [5, 5.41) is 165. The maximum atomic E-state index is 12.5. The first-order chi connectivity index (χ1) is 31.1. The average molecular weight is 1010 g/mol. The minimum Gasteiger partial charge on any atom is -0.547 e. The van der Waals surface area contributed by atoms with Crippen LogP contribution < -0.4 is 74.6 Å². The van der Waals surface area contributed by atoms with Crippen LogP contribution in [0.3, 0.4) is 0 Å². The summed E-state index contributed by atoms with van der Waals surface area (Å²) < 4.78 is 54.6. The van der Waals surface area contributed by atoms with Crippen molar-refractivity contribution in [3.8, 4) is 0 Å². The van der Waals surface area contributed by atoms with E-state index >= 15 is 0 Å². The Morgan fingerprint density at radius 2 is 0.971 bits per heavy atom. The molecule has 0 bridgehead atoms. The molecule has 26 atom stereocenters. The van der Waals surface area contributed by atoms with Gasteiger partial charge in [-0.3, -0.25) is 4.79 Å². The molecule has 5 fully saturated rings. The normalized spacial score (nSPS) is 45.7. The summed E-state index contributed by atoms with van der Waals surface area (Å²) in [6, 6.07) is -1.85. The average Bonchev–Trinajstić information content (AvgIpc) is 3.27. The number of carboxylic acids is 2. The van der Waals surface area contributed by atoms with Gasteiger partial charge in [-0.1, -0.05) is 6.92 Å². The van der Waals surface area contributed by atoms with Gasteiger partial charge in [-0.15, -0.1) is 0 Å². The van der Waals surface area contributed by atoms with Gasteiger partial charge in [0.15, 0.2) is 37.7 Å². The minimum atomic E-state index is -2.51. The third-order valence-electron chi connectivity index (χ3n) is 11.6. The molecule has 68 heavy (non-hydrogen) atoms. The van der Waals surface area contributed by atoms with Crippen molar-refractivity contribution < 1.29 is 202 Å². The summed E-state index contributed by atoms with van der Waals surface area (Å²) in [4.78, 5) is 47.8. The Balaban J connectivity index is 0.00000612. The molecular weight excluding hydrogens is 956 g/mol. The molecule has 30 nitrogen and oxygen atoms in total. The second-order valence-electron chi connectivity index (χ2n) is 16.1. The van der Waals surface area contributed by atoms with Gasteiger partial charge in [-0.2, -0.15) is 0 Å². The van der Waals surface area contributed by atoms with Gasteiger partial charge in [0, 0.05) is 12.8 Å². The Kier molecular flexibility index (Phi) is 24.3. The molecule has 5 saturated heterocycles. The number of amides is 1.